The lowest BCUT2D eigenvalue weighted by Crippen LogP contribution is -2.02. The molecule has 0 radical (unpaired) electrons. The van der Waals surface area contributed by atoms with Crippen LogP contribution >= 0.6 is 0 Å². The first-order valence-corrected chi connectivity index (χ1v) is 4.63. The van der Waals surface area contributed by atoms with E-state index < -0.39 is 5.97 Å². The molecule has 2 N–H and O–H groups in total. The number of rotatable bonds is 2. The van der Waals surface area contributed by atoms with Gasteiger partial charge < -0.3 is 14.9 Å². The fraction of sp³-hybridized carbons (Fsp3) is 0.0909. The van der Waals surface area contributed by atoms with Crippen LogP contribution in [0, 0.1) is 0 Å². The summed E-state index contributed by atoms with van der Waals surface area (Å²) >= 11 is 0. The summed E-state index contributed by atoms with van der Waals surface area (Å²) in [7, 11) is 1.33. The van der Waals surface area contributed by atoms with Gasteiger partial charge in [0, 0.05) is 22.7 Å². The summed E-state index contributed by atoms with van der Waals surface area (Å²) in [6.07, 6.45) is 2.93. The molecule has 5 nitrogen and oxygen atoms in total. The van der Waals surface area contributed by atoms with Crippen molar-refractivity contribution >= 4 is 23.1 Å². The van der Waals surface area contributed by atoms with Gasteiger partial charge in [-0.05, 0) is 12.1 Å². The number of carbonyl (C=O) groups is 1. The van der Waals surface area contributed by atoms with Crippen LogP contribution < -0.4 is 0 Å². The van der Waals surface area contributed by atoms with Crippen molar-refractivity contribution in [3.05, 3.63) is 35.5 Å². The lowest BCUT2D eigenvalue weighted by atomic mass is 10.1. The predicted octanol–water partition coefficient (Wildman–Crippen LogP) is 1.76. The second-order valence-electron chi connectivity index (χ2n) is 3.21. The number of aromatic amines is 1. The normalized spacial score (nSPS) is 11.1. The van der Waals surface area contributed by atoms with E-state index in [9.17, 15) is 4.79 Å². The van der Waals surface area contributed by atoms with E-state index in [1.807, 2.05) is 6.07 Å². The summed E-state index contributed by atoms with van der Waals surface area (Å²) in [5.74, 6) is -0.419. The topological polar surface area (TPSA) is 74.7 Å². The number of H-pyrrole nitrogens is 1. The van der Waals surface area contributed by atoms with Gasteiger partial charge in [0.1, 0.15) is 0 Å². The number of benzene rings is 1. The van der Waals surface area contributed by atoms with E-state index in [0.29, 0.717) is 16.5 Å². The lowest BCUT2D eigenvalue weighted by molar-refractivity contribution is 0.0603. The van der Waals surface area contributed by atoms with Crippen LogP contribution in [0.4, 0.5) is 0 Å². The van der Waals surface area contributed by atoms with Gasteiger partial charge in [0.25, 0.3) is 0 Å². The average molecular weight is 218 g/mol. The third-order valence-corrected chi connectivity index (χ3v) is 2.34. The van der Waals surface area contributed by atoms with Crippen LogP contribution in [0.1, 0.15) is 15.9 Å². The number of oxime groups is 1. The molecule has 2 rings (SSSR count). The number of ether oxygens (including phenoxy) is 1. The van der Waals surface area contributed by atoms with Crippen LogP contribution in [0.5, 0.6) is 0 Å². The number of esters is 1. The maximum atomic E-state index is 11.5. The van der Waals surface area contributed by atoms with E-state index in [1.54, 1.807) is 18.3 Å². The highest BCUT2D eigenvalue weighted by Crippen LogP contribution is 2.22. The Morgan fingerprint density at radius 3 is 3.06 bits per heavy atom. The van der Waals surface area contributed by atoms with E-state index in [2.05, 4.69) is 14.9 Å². The fourth-order valence-electron chi connectivity index (χ4n) is 1.66. The number of methoxy groups -OCH3 is 1. The SMILES string of the molecule is COC(=O)c1cccc2[nH]cc(/C=N/O)c12. The first kappa shape index (κ1) is 10.2. The molecule has 82 valence electrons. The van der Waals surface area contributed by atoms with Crippen LogP contribution in [0.15, 0.2) is 29.6 Å². The minimum absolute atomic E-state index is 0.419. The highest BCUT2D eigenvalue weighted by atomic mass is 16.5. The first-order valence-electron chi connectivity index (χ1n) is 4.63. The molecule has 0 saturated carbocycles. The zero-order chi connectivity index (χ0) is 11.5. The van der Waals surface area contributed by atoms with Crippen molar-refractivity contribution in [3.63, 3.8) is 0 Å². The van der Waals surface area contributed by atoms with Gasteiger partial charge in [0.2, 0.25) is 0 Å². The van der Waals surface area contributed by atoms with Crippen molar-refractivity contribution in [2.75, 3.05) is 7.11 Å². The molecule has 0 bridgehead atoms. The maximum absolute atomic E-state index is 11.5. The quantitative estimate of drug-likeness (QED) is 0.349. The molecule has 0 spiro atoms. The summed E-state index contributed by atoms with van der Waals surface area (Å²) in [4.78, 5) is 14.5. The zero-order valence-electron chi connectivity index (χ0n) is 8.60. The maximum Gasteiger partial charge on any atom is 0.338 e. The molecule has 0 atom stereocenters. The first-order chi connectivity index (χ1) is 7.77. The van der Waals surface area contributed by atoms with Crippen molar-refractivity contribution in [1.29, 1.82) is 0 Å². The Morgan fingerprint density at radius 2 is 2.38 bits per heavy atom. The highest BCUT2D eigenvalue weighted by Gasteiger charge is 2.13. The van der Waals surface area contributed by atoms with Crippen molar-refractivity contribution in [2.24, 2.45) is 5.16 Å². The molecule has 0 aliphatic heterocycles. The van der Waals surface area contributed by atoms with Crippen molar-refractivity contribution in [1.82, 2.24) is 4.98 Å². The van der Waals surface area contributed by atoms with Gasteiger partial charge in [-0.3, -0.25) is 0 Å². The van der Waals surface area contributed by atoms with E-state index in [-0.39, 0.29) is 0 Å². The van der Waals surface area contributed by atoms with Crippen LogP contribution in [0.2, 0.25) is 0 Å². The lowest BCUT2D eigenvalue weighted by Gasteiger charge is -2.01. The molecule has 1 aromatic carbocycles. The molecular formula is C11H10N2O3. The fourth-order valence-corrected chi connectivity index (χ4v) is 1.66. The highest BCUT2D eigenvalue weighted by molar-refractivity contribution is 6.10. The van der Waals surface area contributed by atoms with E-state index in [1.165, 1.54) is 13.3 Å². The summed E-state index contributed by atoms with van der Waals surface area (Å²) in [6.45, 7) is 0. The van der Waals surface area contributed by atoms with E-state index >= 15 is 0 Å². The van der Waals surface area contributed by atoms with Crippen molar-refractivity contribution in [3.8, 4) is 0 Å². The number of fused-ring (bicyclic) bond motifs is 1. The largest absolute Gasteiger partial charge is 0.465 e. The minimum Gasteiger partial charge on any atom is -0.465 e. The number of hydrogen-bond donors (Lipinski definition) is 2. The Labute approximate surface area is 91.3 Å². The zero-order valence-corrected chi connectivity index (χ0v) is 8.60. The molecule has 0 aliphatic carbocycles. The molecule has 0 saturated heterocycles. The Bertz CT molecular complexity index is 557. The Kier molecular flexibility index (Phi) is 2.59. The third kappa shape index (κ3) is 1.52. The molecule has 2 aromatic rings. The third-order valence-electron chi connectivity index (χ3n) is 2.34. The molecule has 1 aromatic heterocycles. The average Bonchev–Trinajstić information content (AvgIpc) is 2.72. The van der Waals surface area contributed by atoms with E-state index in [0.717, 1.165) is 5.52 Å². The van der Waals surface area contributed by atoms with Crippen LogP contribution in [0.25, 0.3) is 10.9 Å². The number of nitrogens with zero attached hydrogens (tertiary/aromatic N) is 1. The summed E-state index contributed by atoms with van der Waals surface area (Å²) in [5, 5.41) is 12.2. The molecule has 5 heteroatoms. The van der Waals surface area contributed by atoms with Gasteiger partial charge in [-0.2, -0.15) is 0 Å². The molecule has 0 aliphatic rings. The second kappa shape index (κ2) is 4.06. The monoisotopic (exact) mass is 218 g/mol. The Hall–Kier alpha value is -2.30. The smallest absolute Gasteiger partial charge is 0.338 e. The van der Waals surface area contributed by atoms with Gasteiger partial charge in [0.15, 0.2) is 0 Å². The van der Waals surface area contributed by atoms with Crippen LogP contribution in [-0.4, -0.2) is 29.5 Å². The van der Waals surface area contributed by atoms with Gasteiger partial charge in [-0.25, -0.2) is 4.79 Å². The predicted molar refractivity (Wildman–Crippen MR) is 59.0 cm³/mol. The van der Waals surface area contributed by atoms with Crippen LogP contribution in [-0.2, 0) is 4.74 Å². The number of nitrogens with one attached hydrogen (secondary N) is 1. The molecule has 0 unspecified atom stereocenters. The summed E-state index contributed by atoms with van der Waals surface area (Å²) in [6, 6.07) is 5.25. The molecule has 0 amide bonds. The minimum atomic E-state index is -0.419. The molecule has 1 heterocycles. The molecule has 16 heavy (non-hydrogen) atoms. The van der Waals surface area contributed by atoms with Gasteiger partial charge in [-0.15, -0.1) is 0 Å². The standard InChI is InChI=1S/C11H10N2O3/c1-16-11(14)8-3-2-4-9-10(8)7(5-12-9)6-13-15/h2-6,12,15H,1H3/b13-6+. The molecule has 0 fully saturated rings. The summed E-state index contributed by atoms with van der Waals surface area (Å²) in [5.41, 5.74) is 1.87. The van der Waals surface area contributed by atoms with Crippen LogP contribution in [0.3, 0.4) is 0 Å². The Balaban J connectivity index is 2.72. The van der Waals surface area contributed by atoms with Gasteiger partial charge >= 0.3 is 5.97 Å². The number of hydrogen-bond acceptors (Lipinski definition) is 4. The van der Waals surface area contributed by atoms with Gasteiger partial charge in [-0.1, -0.05) is 11.2 Å². The number of aromatic nitrogens is 1. The van der Waals surface area contributed by atoms with Crippen molar-refractivity contribution in [2.45, 2.75) is 0 Å². The van der Waals surface area contributed by atoms with E-state index in [4.69, 9.17) is 5.21 Å². The summed E-state index contributed by atoms with van der Waals surface area (Å²) < 4.78 is 4.69. The van der Waals surface area contributed by atoms with Crippen molar-refractivity contribution < 1.29 is 14.7 Å². The Morgan fingerprint density at radius 1 is 1.56 bits per heavy atom. The second-order valence-corrected chi connectivity index (χ2v) is 3.21. The van der Waals surface area contributed by atoms with Gasteiger partial charge in [0.05, 0.1) is 18.9 Å². The number of carbonyl (C=O) groups excluding carboxylic acids is 1. The molecular weight excluding hydrogens is 208 g/mol.